The Bertz CT molecular complexity index is 558. The minimum absolute atomic E-state index is 0.0469. The highest BCUT2D eigenvalue weighted by Gasteiger charge is 2.47. The van der Waals surface area contributed by atoms with Gasteiger partial charge in [-0.25, -0.2) is 0 Å². The van der Waals surface area contributed by atoms with Gasteiger partial charge in [-0.3, -0.25) is 9.59 Å². The van der Waals surface area contributed by atoms with Crippen molar-refractivity contribution >= 4 is 17.5 Å². The zero-order valence-electron chi connectivity index (χ0n) is 13.3. The molecule has 0 spiro atoms. The summed E-state index contributed by atoms with van der Waals surface area (Å²) in [6.45, 7) is 8.17. The molecule has 0 radical (unpaired) electrons. The number of carbonyl (C=O) groups is 2. The second-order valence-corrected chi connectivity index (χ2v) is 5.63. The van der Waals surface area contributed by atoms with Crippen molar-refractivity contribution in [3.8, 4) is 0 Å². The summed E-state index contributed by atoms with van der Waals surface area (Å²) in [5.41, 5.74) is 3.21. The first-order chi connectivity index (χ1) is 10.6. The summed E-state index contributed by atoms with van der Waals surface area (Å²) in [6, 6.07) is 6.10. The molecule has 0 bridgehead atoms. The summed E-state index contributed by atoms with van der Waals surface area (Å²) in [7, 11) is 0. The predicted molar refractivity (Wildman–Crippen MR) is 88.6 cm³/mol. The maximum atomic E-state index is 12.4. The smallest absolute Gasteiger partial charge is 0.228 e. The van der Waals surface area contributed by atoms with E-state index in [2.05, 4.69) is 31.1 Å². The van der Waals surface area contributed by atoms with Crippen LogP contribution in [0.5, 0.6) is 0 Å². The van der Waals surface area contributed by atoms with Crippen LogP contribution in [-0.2, 0) is 22.4 Å². The Morgan fingerprint density at radius 2 is 1.77 bits per heavy atom. The minimum Gasteiger partial charge on any atom is -0.352 e. The van der Waals surface area contributed by atoms with Crippen molar-refractivity contribution in [1.29, 1.82) is 0 Å². The molecule has 1 aliphatic carbocycles. The number of para-hydroxylation sites is 1. The van der Waals surface area contributed by atoms with Crippen molar-refractivity contribution in [1.82, 2.24) is 5.32 Å². The van der Waals surface area contributed by atoms with Crippen LogP contribution >= 0.6 is 0 Å². The van der Waals surface area contributed by atoms with Gasteiger partial charge >= 0.3 is 0 Å². The molecule has 1 saturated carbocycles. The van der Waals surface area contributed by atoms with Crippen LogP contribution in [0.1, 0.15) is 31.4 Å². The Morgan fingerprint density at radius 1 is 1.18 bits per heavy atom. The number of amides is 2. The number of hydrogen-bond donors (Lipinski definition) is 2. The van der Waals surface area contributed by atoms with Crippen LogP contribution in [-0.4, -0.2) is 18.4 Å². The number of carbonyl (C=O) groups excluding carboxylic acids is 2. The van der Waals surface area contributed by atoms with Crippen LogP contribution in [0.3, 0.4) is 0 Å². The van der Waals surface area contributed by atoms with E-state index in [1.54, 1.807) is 6.08 Å². The van der Waals surface area contributed by atoms with Crippen molar-refractivity contribution < 1.29 is 9.59 Å². The maximum Gasteiger partial charge on any atom is 0.228 e. The Morgan fingerprint density at radius 3 is 2.32 bits per heavy atom. The topological polar surface area (TPSA) is 58.2 Å². The molecule has 0 aliphatic heterocycles. The van der Waals surface area contributed by atoms with Crippen LogP contribution in [0.4, 0.5) is 5.69 Å². The van der Waals surface area contributed by atoms with Gasteiger partial charge in [0.1, 0.15) is 0 Å². The van der Waals surface area contributed by atoms with E-state index in [4.69, 9.17) is 0 Å². The SMILES string of the molecule is C=CCNC(=O)C1CC1C(=O)Nc1c(CC)cccc1CC. The van der Waals surface area contributed by atoms with Crippen molar-refractivity contribution in [3.05, 3.63) is 42.0 Å². The lowest BCUT2D eigenvalue weighted by atomic mass is 10.0. The molecule has 4 nitrogen and oxygen atoms in total. The number of aryl methyl sites for hydroxylation is 2. The highest BCUT2D eigenvalue weighted by Crippen LogP contribution is 2.40. The zero-order valence-corrected chi connectivity index (χ0v) is 13.3. The summed E-state index contributed by atoms with van der Waals surface area (Å²) in [6.07, 6.45) is 4.01. The molecule has 118 valence electrons. The average Bonchev–Trinajstić information content (AvgIpc) is 3.33. The van der Waals surface area contributed by atoms with Gasteiger partial charge in [0.15, 0.2) is 0 Å². The zero-order chi connectivity index (χ0) is 16.1. The molecule has 2 unspecified atom stereocenters. The van der Waals surface area contributed by atoms with E-state index >= 15 is 0 Å². The Kier molecular flexibility index (Phi) is 5.36. The summed E-state index contributed by atoms with van der Waals surface area (Å²) in [4.78, 5) is 24.2. The van der Waals surface area contributed by atoms with E-state index < -0.39 is 0 Å². The van der Waals surface area contributed by atoms with Crippen LogP contribution in [0, 0.1) is 11.8 Å². The molecular weight excluding hydrogens is 276 g/mol. The molecule has 22 heavy (non-hydrogen) atoms. The number of rotatable bonds is 7. The third-order valence-electron chi connectivity index (χ3n) is 4.13. The molecule has 1 aromatic rings. The summed E-state index contributed by atoms with van der Waals surface area (Å²) in [5, 5.41) is 5.80. The average molecular weight is 300 g/mol. The number of hydrogen-bond acceptors (Lipinski definition) is 2. The van der Waals surface area contributed by atoms with Crippen LogP contribution < -0.4 is 10.6 Å². The first kappa shape index (κ1) is 16.3. The fourth-order valence-corrected chi connectivity index (χ4v) is 2.70. The Balaban J connectivity index is 2.02. The van der Waals surface area contributed by atoms with Gasteiger partial charge in [0, 0.05) is 12.2 Å². The quantitative estimate of drug-likeness (QED) is 0.761. The lowest BCUT2D eigenvalue weighted by molar-refractivity contribution is -0.125. The number of nitrogens with one attached hydrogen (secondary N) is 2. The lowest BCUT2D eigenvalue weighted by Gasteiger charge is -2.14. The second-order valence-electron chi connectivity index (χ2n) is 5.63. The third-order valence-corrected chi connectivity index (χ3v) is 4.13. The molecule has 0 aromatic heterocycles. The first-order valence-corrected chi connectivity index (χ1v) is 7.92. The normalized spacial score (nSPS) is 19.4. The summed E-state index contributed by atoms with van der Waals surface area (Å²) < 4.78 is 0. The van der Waals surface area contributed by atoms with Crippen molar-refractivity contribution in [2.45, 2.75) is 33.1 Å². The van der Waals surface area contributed by atoms with Crippen molar-refractivity contribution in [2.75, 3.05) is 11.9 Å². The van der Waals surface area contributed by atoms with Crippen LogP contribution in [0.15, 0.2) is 30.9 Å². The molecule has 1 aromatic carbocycles. The van der Waals surface area contributed by atoms with Crippen molar-refractivity contribution in [2.24, 2.45) is 11.8 Å². The Hall–Kier alpha value is -2.10. The van der Waals surface area contributed by atoms with E-state index in [0.29, 0.717) is 13.0 Å². The maximum absolute atomic E-state index is 12.4. The fraction of sp³-hybridized carbons (Fsp3) is 0.444. The van der Waals surface area contributed by atoms with Gasteiger partial charge in [-0.05, 0) is 30.4 Å². The van der Waals surface area contributed by atoms with Gasteiger partial charge in [0.25, 0.3) is 0 Å². The molecule has 2 amide bonds. The molecule has 2 atom stereocenters. The van der Waals surface area contributed by atoms with Gasteiger partial charge in [-0.15, -0.1) is 6.58 Å². The van der Waals surface area contributed by atoms with Crippen LogP contribution in [0.2, 0.25) is 0 Å². The van der Waals surface area contributed by atoms with Crippen molar-refractivity contribution in [3.63, 3.8) is 0 Å². The summed E-state index contributed by atoms with van der Waals surface area (Å²) >= 11 is 0. The second kappa shape index (κ2) is 7.25. The van der Waals surface area contributed by atoms with E-state index in [1.807, 2.05) is 18.2 Å². The monoisotopic (exact) mass is 300 g/mol. The first-order valence-electron chi connectivity index (χ1n) is 7.92. The predicted octanol–water partition coefficient (Wildman–Crippen LogP) is 2.69. The molecule has 1 aliphatic rings. The van der Waals surface area contributed by atoms with Gasteiger partial charge < -0.3 is 10.6 Å². The minimum atomic E-state index is -0.209. The van der Waals surface area contributed by atoms with E-state index in [9.17, 15) is 9.59 Å². The lowest BCUT2D eigenvalue weighted by Crippen LogP contribution is -2.27. The van der Waals surface area contributed by atoms with Gasteiger partial charge in [0.2, 0.25) is 11.8 Å². The van der Waals surface area contributed by atoms with Gasteiger partial charge in [-0.1, -0.05) is 38.1 Å². The van der Waals surface area contributed by atoms with Gasteiger partial charge in [-0.2, -0.15) is 0 Å². The highest BCUT2D eigenvalue weighted by molar-refractivity contribution is 6.00. The Labute approximate surface area is 132 Å². The molecular formula is C18H24N2O2. The molecule has 0 heterocycles. The molecule has 1 fully saturated rings. The largest absolute Gasteiger partial charge is 0.352 e. The van der Waals surface area contributed by atoms with Gasteiger partial charge in [0.05, 0.1) is 11.8 Å². The van der Waals surface area contributed by atoms with E-state index in [-0.39, 0.29) is 23.7 Å². The molecule has 2 N–H and O–H groups in total. The molecule has 2 rings (SSSR count). The van der Waals surface area contributed by atoms with Crippen LogP contribution in [0.25, 0.3) is 0 Å². The standard InChI is InChI=1S/C18H24N2O2/c1-4-10-19-17(21)14-11-15(14)18(22)20-16-12(5-2)8-7-9-13(16)6-3/h4,7-9,14-15H,1,5-6,10-11H2,2-3H3,(H,19,21)(H,20,22). The number of anilines is 1. The third kappa shape index (κ3) is 3.56. The van der Waals surface area contributed by atoms with E-state index in [1.165, 1.54) is 0 Å². The molecule has 0 saturated heterocycles. The molecule has 4 heteroatoms. The highest BCUT2D eigenvalue weighted by atomic mass is 16.2. The van der Waals surface area contributed by atoms with E-state index in [0.717, 1.165) is 29.7 Å². The summed E-state index contributed by atoms with van der Waals surface area (Å²) in [5.74, 6) is -0.507. The fourth-order valence-electron chi connectivity index (χ4n) is 2.70. The number of benzene rings is 1.